The van der Waals surface area contributed by atoms with Crippen molar-refractivity contribution in [3.63, 3.8) is 0 Å². The van der Waals surface area contributed by atoms with E-state index in [2.05, 4.69) is 10.8 Å². The van der Waals surface area contributed by atoms with Crippen LogP contribution < -0.4 is 0 Å². The Morgan fingerprint density at radius 1 is 1.33 bits per heavy atom. The van der Waals surface area contributed by atoms with Crippen LogP contribution in [0.3, 0.4) is 0 Å². The Morgan fingerprint density at radius 3 is 2.92 bits per heavy atom. The summed E-state index contributed by atoms with van der Waals surface area (Å²) in [5, 5.41) is 0.909. The number of carbonyl (C=O) groups is 1. The minimum atomic E-state index is 0.757. The van der Waals surface area contributed by atoms with Crippen molar-refractivity contribution in [3.05, 3.63) is 0 Å². The number of hydrogen-bond donors (Lipinski definition) is 0. The van der Waals surface area contributed by atoms with E-state index in [-0.39, 0.29) is 0 Å². The molecule has 1 heterocycles. The van der Waals surface area contributed by atoms with Crippen LogP contribution in [0.1, 0.15) is 38.5 Å². The molecular weight excluding hydrogens is 188 g/mol. The molecule has 1 atom stereocenters. The fraction of sp³-hybridized carbons (Fsp3) is 0.889. The first-order chi connectivity index (χ1) is 5.93. The Hall–Kier alpha value is 0.370. The predicted octanol–water partition coefficient (Wildman–Crippen LogP) is 3.29. The molecule has 0 aromatic heterocycles. The predicted molar refractivity (Wildman–Crippen MR) is 57.6 cm³/mol. The van der Waals surface area contributed by atoms with Crippen molar-refractivity contribution in [2.75, 3.05) is 5.75 Å². The highest BCUT2D eigenvalue weighted by Crippen LogP contribution is 2.39. The second-order valence-corrected chi connectivity index (χ2v) is 5.92. The first kappa shape index (κ1) is 10.5. The molecule has 1 unspecified atom stereocenters. The molecule has 1 aliphatic rings. The van der Waals surface area contributed by atoms with E-state index in [9.17, 15) is 4.79 Å². The monoisotopic (exact) mass is 204 g/mol. The lowest BCUT2D eigenvalue weighted by molar-refractivity contribution is -0.107. The lowest BCUT2D eigenvalue weighted by atomic mass is 10.1. The SMILES string of the molecule is O=CCCCCCC1CCSS1. The molecule has 12 heavy (non-hydrogen) atoms. The van der Waals surface area contributed by atoms with Gasteiger partial charge in [-0.1, -0.05) is 34.4 Å². The maximum atomic E-state index is 10.0. The Labute approximate surface area is 82.5 Å². The van der Waals surface area contributed by atoms with Crippen molar-refractivity contribution >= 4 is 27.9 Å². The van der Waals surface area contributed by atoms with E-state index in [0.29, 0.717) is 0 Å². The van der Waals surface area contributed by atoms with Gasteiger partial charge < -0.3 is 4.79 Å². The summed E-state index contributed by atoms with van der Waals surface area (Å²) in [5.41, 5.74) is 0. The zero-order valence-electron chi connectivity index (χ0n) is 7.33. The molecule has 0 spiro atoms. The van der Waals surface area contributed by atoms with E-state index in [4.69, 9.17) is 0 Å². The molecule has 1 fully saturated rings. The van der Waals surface area contributed by atoms with Gasteiger partial charge in [0, 0.05) is 17.4 Å². The Kier molecular flexibility index (Phi) is 5.96. The van der Waals surface area contributed by atoms with E-state index in [0.717, 1.165) is 24.4 Å². The molecule has 1 saturated heterocycles. The maximum Gasteiger partial charge on any atom is 0.119 e. The minimum absolute atomic E-state index is 0.757. The van der Waals surface area contributed by atoms with Gasteiger partial charge in [-0.2, -0.15) is 0 Å². The molecule has 1 nitrogen and oxygen atoms in total. The van der Waals surface area contributed by atoms with Gasteiger partial charge in [0.2, 0.25) is 0 Å². The number of rotatable bonds is 6. The van der Waals surface area contributed by atoms with E-state index < -0.39 is 0 Å². The van der Waals surface area contributed by atoms with Crippen LogP contribution in [-0.4, -0.2) is 17.3 Å². The van der Waals surface area contributed by atoms with Crippen molar-refractivity contribution in [1.82, 2.24) is 0 Å². The Morgan fingerprint density at radius 2 is 2.25 bits per heavy atom. The zero-order valence-corrected chi connectivity index (χ0v) is 8.96. The summed E-state index contributed by atoms with van der Waals surface area (Å²) in [5.74, 6) is 1.34. The first-order valence-electron chi connectivity index (χ1n) is 4.65. The van der Waals surface area contributed by atoms with Gasteiger partial charge in [-0.3, -0.25) is 0 Å². The highest BCUT2D eigenvalue weighted by molar-refractivity contribution is 8.77. The van der Waals surface area contributed by atoms with E-state index >= 15 is 0 Å². The zero-order chi connectivity index (χ0) is 8.65. The van der Waals surface area contributed by atoms with Crippen LogP contribution in [-0.2, 0) is 4.79 Å². The van der Waals surface area contributed by atoms with Crippen molar-refractivity contribution in [2.24, 2.45) is 0 Å². The summed E-state index contributed by atoms with van der Waals surface area (Å²) in [4.78, 5) is 10.0. The fourth-order valence-electron chi connectivity index (χ4n) is 1.34. The molecule has 0 aliphatic carbocycles. The molecular formula is C9H16OS2. The Balaban J connectivity index is 1.84. The minimum Gasteiger partial charge on any atom is -0.303 e. The summed E-state index contributed by atoms with van der Waals surface area (Å²) in [6.45, 7) is 0. The summed E-state index contributed by atoms with van der Waals surface area (Å²) in [6, 6.07) is 0. The molecule has 0 radical (unpaired) electrons. The van der Waals surface area contributed by atoms with Gasteiger partial charge in [-0.05, 0) is 19.3 Å². The van der Waals surface area contributed by atoms with Gasteiger partial charge in [0.15, 0.2) is 0 Å². The van der Waals surface area contributed by atoms with Crippen molar-refractivity contribution in [2.45, 2.75) is 43.8 Å². The lowest BCUT2D eigenvalue weighted by Gasteiger charge is -2.05. The highest BCUT2D eigenvalue weighted by Gasteiger charge is 2.15. The van der Waals surface area contributed by atoms with Crippen molar-refractivity contribution in [1.29, 1.82) is 0 Å². The summed E-state index contributed by atoms with van der Waals surface area (Å²) < 4.78 is 0. The molecule has 3 heteroatoms. The van der Waals surface area contributed by atoms with Crippen LogP contribution in [0.15, 0.2) is 0 Å². The quantitative estimate of drug-likeness (QED) is 0.375. The lowest BCUT2D eigenvalue weighted by Crippen LogP contribution is -1.96. The molecule has 0 aromatic rings. The number of unbranched alkanes of at least 4 members (excludes halogenated alkanes) is 3. The van der Waals surface area contributed by atoms with Gasteiger partial charge in [-0.25, -0.2) is 0 Å². The van der Waals surface area contributed by atoms with Crippen molar-refractivity contribution < 1.29 is 4.79 Å². The van der Waals surface area contributed by atoms with Gasteiger partial charge in [0.05, 0.1) is 0 Å². The summed E-state index contributed by atoms with van der Waals surface area (Å²) in [6.07, 6.45) is 8.17. The van der Waals surface area contributed by atoms with Gasteiger partial charge in [0.1, 0.15) is 6.29 Å². The largest absolute Gasteiger partial charge is 0.303 e. The number of hydrogen-bond acceptors (Lipinski definition) is 3. The Bertz CT molecular complexity index is 122. The summed E-state index contributed by atoms with van der Waals surface area (Å²) in [7, 11) is 4.06. The van der Waals surface area contributed by atoms with Gasteiger partial charge in [0.25, 0.3) is 0 Å². The van der Waals surface area contributed by atoms with Crippen LogP contribution in [0.25, 0.3) is 0 Å². The molecule has 1 rings (SSSR count). The molecule has 0 amide bonds. The third kappa shape index (κ3) is 4.41. The van der Waals surface area contributed by atoms with E-state index in [1.165, 1.54) is 31.4 Å². The van der Waals surface area contributed by atoms with Crippen LogP contribution in [0.4, 0.5) is 0 Å². The second-order valence-electron chi connectivity index (χ2n) is 3.13. The molecule has 0 N–H and O–H groups in total. The van der Waals surface area contributed by atoms with Crippen LogP contribution in [0.5, 0.6) is 0 Å². The maximum absolute atomic E-state index is 10.0. The first-order valence-corrected chi connectivity index (χ1v) is 7.03. The average Bonchev–Trinajstić information content (AvgIpc) is 2.57. The molecule has 0 bridgehead atoms. The molecule has 1 aliphatic heterocycles. The number of carbonyl (C=O) groups excluding carboxylic acids is 1. The fourth-order valence-corrected chi connectivity index (χ4v) is 4.37. The normalized spacial score (nSPS) is 22.8. The summed E-state index contributed by atoms with van der Waals surface area (Å²) >= 11 is 0. The number of aldehydes is 1. The highest BCUT2D eigenvalue weighted by atomic mass is 33.1. The molecule has 0 aromatic carbocycles. The topological polar surface area (TPSA) is 17.1 Å². The smallest absolute Gasteiger partial charge is 0.119 e. The molecule has 70 valence electrons. The third-order valence-electron chi connectivity index (χ3n) is 2.08. The molecule has 0 saturated carbocycles. The van der Waals surface area contributed by atoms with Gasteiger partial charge >= 0.3 is 0 Å². The van der Waals surface area contributed by atoms with Gasteiger partial charge in [-0.15, -0.1) is 0 Å². The third-order valence-corrected chi connectivity index (χ3v) is 5.08. The second kappa shape index (κ2) is 6.84. The van der Waals surface area contributed by atoms with Crippen LogP contribution in [0, 0.1) is 0 Å². The standard InChI is InChI=1S/C9H16OS2/c10-7-4-2-1-3-5-9-6-8-11-12-9/h7,9H,1-6,8H2. The van der Waals surface area contributed by atoms with Crippen LogP contribution in [0.2, 0.25) is 0 Å². The van der Waals surface area contributed by atoms with Crippen molar-refractivity contribution in [3.8, 4) is 0 Å². The van der Waals surface area contributed by atoms with E-state index in [1.54, 1.807) is 0 Å². The average molecular weight is 204 g/mol. The van der Waals surface area contributed by atoms with Crippen LogP contribution >= 0.6 is 21.6 Å². The van der Waals surface area contributed by atoms with E-state index in [1.807, 2.05) is 10.8 Å².